The van der Waals surface area contributed by atoms with E-state index in [1.54, 1.807) is 6.07 Å². The summed E-state index contributed by atoms with van der Waals surface area (Å²) in [6, 6.07) is 11.7. The van der Waals surface area contributed by atoms with Gasteiger partial charge in [0.2, 0.25) is 0 Å². The molecular weight excluding hydrogens is 544 g/mol. The summed E-state index contributed by atoms with van der Waals surface area (Å²) in [6.07, 6.45) is 9.23. The van der Waals surface area contributed by atoms with Gasteiger partial charge in [-0.1, -0.05) is 36.7 Å². The lowest BCUT2D eigenvalue weighted by Crippen LogP contribution is -2.49. The fourth-order valence-corrected chi connectivity index (χ4v) is 8.26. The van der Waals surface area contributed by atoms with Gasteiger partial charge in [0.1, 0.15) is 5.75 Å². The summed E-state index contributed by atoms with van der Waals surface area (Å²) < 4.78 is 23.7. The number of aliphatic hydroxyl groups is 1. The number of carbonyl (C=O) groups is 1. The number of rotatable bonds is 0. The Kier molecular flexibility index (Phi) is 7.75. The predicted octanol–water partition coefficient (Wildman–Crippen LogP) is 5.99. The molecule has 1 spiro atoms. The number of ether oxygens (including phenoxy) is 1. The summed E-state index contributed by atoms with van der Waals surface area (Å²) in [6.45, 7) is 5.98. The highest BCUT2D eigenvalue weighted by Gasteiger charge is 2.44. The van der Waals surface area contributed by atoms with Crippen LogP contribution in [0.25, 0.3) is 0 Å². The van der Waals surface area contributed by atoms with E-state index in [-0.39, 0.29) is 22.5 Å². The number of aliphatic hydroxyl groups excluding tert-OH is 1. The molecular formula is C32H39ClN2O4S. The van der Waals surface area contributed by atoms with Gasteiger partial charge in [-0.05, 0) is 105 Å². The zero-order valence-electron chi connectivity index (χ0n) is 23.3. The minimum Gasteiger partial charge on any atom is -0.490 e. The summed E-state index contributed by atoms with van der Waals surface area (Å²) >= 11 is 6.39. The summed E-state index contributed by atoms with van der Waals surface area (Å²) in [7, 11) is -2.07. The molecule has 0 radical (unpaired) electrons. The quantitative estimate of drug-likeness (QED) is 0.295. The molecule has 1 fully saturated rings. The van der Waals surface area contributed by atoms with Crippen LogP contribution in [0.5, 0.6) is 5.75 Å². The van der Waals surface area contributed by atoms with E-state index in [2.05, 4.69) is 21.4 Å². The molecule has 1 saturated carbocycles. The maximum atomic E-state index is 13.2. The molecule has 0 aromatic heterocycles. The molecule has 2 aromatic rings. The summed E-state index contributed by atoms with van der Waals surface area (Å²) in [5.41, 5.74) is 3.67. The number of thiol groups is 1. The first-order valence-corrected chi connectivity index (χ1v) is 16.3. The summed E-state index contributed by atoms with van der Waals surface area (Å²) in [4.78, 5) is 15.6. The highest BCUT2D eigenvalue weighted by atomic mass is 35.5. The van der Waals surface area contributed by atoms with Gasteiger partial charge in [0.05, 0.1) is 18.4 Å². The molecule has 4 aliphatic rings. The van der Waals surface area contributed by atoms with E-state index in [0.717, 1.165) is 61.7 Å². The zero-order chi connectivity index (χ0) is 28.0. The highest BCUT2D eigenvalue weighted by Crippen LogP contribution is 2.46. The van der Waals surface area contributed by atoms with Gasteiger partial charge in [0, 0.05) is 44.9 Å². The second-order valence-corrected chi connectivity index (χ2v) is 14.4. The van der Waals surface area contributed by atoms with Crippen LogP contribution in [0.3, 0.4) is 0 Å². The first-order valence-electron chi connectivity index (χ1n) is 14.6. The first kappa shape index (κ1) is 27.8. The molecule has 6 rings (SSSR count). The van der Waals surface area contributed by atoms with Crippen LogP contribution >= 0.6 is 11.6 Å². The molecule has 1 N–H and O–H groups in total. The summed E-state index contributed by atoms with van der Waals surface area (Å²) in [5.74, 6) is 0.902. The SMILES string of the molecule is C[C@@H]1[C@@H](C)C/C=C/[C@H](O)[C@@H]2CC[C@H]2CN2C[C@@]3(CCCc4cc(Cl)ccc43)COc3ccc(cc32)C(=O)/N=[SH]\1=O. The lowest BCUT2D eigenvalue weighted by Gasteiger charge is -2.45. The van der Waals surface area contributed by atoms with Crippen LogP contribution in [0.1, 0.15) is 67.4 Å². The fourth-order valence-electron chi connectivity index (χ4n) is 7.03. The van der Waals surface area contributed by atoms with E-state index < -0.39 is 22.6 Å². The molecule has 40 heavy (non-hydrogen) atoms. The molecule has 1 amide bonds. The number of carbonyl (C=O) groups excluding carboxylic acids is 1. The Bertz CT molecular complexity index is 1420. The van der Waals surface area contributed by atoms with E-state index in [1.165, 1.54) is 11.1 Å². The van der Waals surface area contributed by atoms with Gasteiger partial charge in [0.15, 0.2) is 0 Å². The van der Waals surface area contributed by atoms with Crippen molar-refractivity contribution in [1.82, 2.24) is 0 Å². The maximum absolute atomic E-state index is 13.2. The van der Waals surface area contributed by atoms with Crippen LogP contribution in [0.4, 0.5) is 5.69 Å². The van der Waals surface area contributed by atoms with Crippen molar-refractivity contribution < 1.29 is 18.8 Å². The highest BCUT2D eigenvalue weighted by molar-refractivity contribution is 7.76. The van der Waals surface area contributed by atoms with Crippen LogP contribution in [-0.2, 0) is 22.4 Å². The third-order valence-electron chi connectivity index (χ3n) is 9.86. The van der Waals surface area contributed by atoms with E-state index in [9.17, 15) is 14.1 Å². The number of benzene rings is 2. The van der Waals surface area contributed by atoms with Gasteiger partial charge in [0.25, 0.3) is 5.91 Å². The molecule has 0 saturated heterocycles. The van der Waals surface area contributed by atoms with E-state index in [0.29, 0.717) is 24.5 Å². The van der Waals surface area contributed by atoms with Crippen LogP contribution in [-0.4, -0.2) is 46.3 Å². The van der Waals surface area contributed by atoms with Crippen LogP contribution in [0.2, 0.25) is 5.02 Å². The number of amides is 1. The van der Waals surface area contributed by atoms with Gasteiger partial charge in [-0.25, -0.2) is 0 Å². The Hall–Kier alpha value is -2.35. The van der Waals surface area contributed by atoms with Crippen LogP contribution in [0, 0.1) is 17.8 Å². The molecule has 2 aliphatic heterocycles. The summed E-state index contributed by atoms with van der Waals surface area (Å²) in [5, 5.41) is 11.6. The molecule has 214 valence electrons. The van der Waals surface area contributed by atoms with Crippen molar-refractivity contribution in [2.45, 2.75) is 69.1 Å². The third-order valence-corrected chi connectivity index (χ3v) is 11.7. The van der Waals surface area contributed by atoms with Crippen molar-refractivity contribution in [1.29, 1.82) is 0 Å². The number of halogens is 1. The fraction of sp³-hybridized carbons (Fsp3) is 0.531. The standard InChI is InChI=1S/C32H39ClN2O4S/c1-20-5-3-7-29(36)26-11-8-24(26)17-35-18-32(14-4-6-22-15-25(33)10-12-27(22)32)19-39-30-13-9-23(16-28(30)35)31(37)34-40(38)21(20)2/h3,7,9-10,12-13,15-16,20-21,24,26,29,36,40H,4-6,8,11,14,17-19H2,1-2H3/b7-3+/t20-,21+,24-,26+,29-,32-/m0/s1. The smallest absolute Gasteiger partial charge is 0.284 e. The van der Waals surface area contributed by atoms with Gasteiger partial charge in [-0.2, -0.15) is 4.36 Å². The molecule has 1 unspecified atom stereocenters. The number of nitrogens with zero attached hydrogens (tertiary/aromatic N) is 2. The number of allylic oxidation sites excluding steroid dienone is 1. The Morgan fingerprint density at radius 2 is 2.02 bits per heavy atom. The zero-order valence-corrected chi connectivity index (χ0v) is 24.9. The average molecular weight is 583 g/mol. The maximum Gasteiger partial charge on any atom is 0.284 e. The normalized spacial score (nSPS) is 35.3. The van der Waals surface area contributed by atoms with E-state index in [4.69, 9.17) is 16.3 Å². The molecule has 6 nitrogen and oxygen atoms in total. The number of hydrogen-bond acceptors (Lipinski definition) is 5. The lowest BCUT2D eigenvalue weighted by atomic mass is 9.68. The molecule has 2 aliphatic carbocycles. The van der Waals surface area contributed by atoms with Gasteiger partial charge >= 0.3 is 0 Å². The molecule has 2 heterocycles. The van der Waals surface area contributed by atoms with Crippen molar-refractivity contribution in [2.24, 2.45) is 22.1 Å². The van der Waals surface area contributed by atoms with Crippen molar-refractivity contribution in [3.05, 3.63) is 70.3 Å². The van der Waals surface area contributed by atoms with Crippen molar-refractivity contribution >= 4 is 33.8 Å². The number of fused-ring (bicyclic) bond motifs is 4. The van der Waals surface area contributed by atoms with Gasteiger partial charge in [-0.15, -0.1) is 0 Å². The Labute approximate surface area is 244 Å². The number of aryl methyl sites for hydroxylation is 1. The Morgan fingerprint density at radius 3 is 2.83 bits per heavy atom. The lowest BCUT2D eigenvalue weighted by molar-refractivity contribution is 0.0456. The average Bonchev–Trinajstić information content (AvgIpc) is 3.07. The van der Waals surface area contributed by atoms with E-state index >= 15 is 0 Å². The Morgan fingerprint density at radius 1 is 1.18 bits per heavy atom. The van der Waals surface area contributed by atoms with Gasteiger partial charge in [-0.3, -0.25) is 9.00 Å². The molecule has 2 aromatic carbocycles. The second-order valence-electron chi connectivity index (χ2n) is 12.4. The number of hydrogen-bond donors (Lipinski definition) is 2. The predicted molar refractivity (Wildman–Crippen MR) is 161 cm³/mol. The van der Waals surface area contributed by atoms with E-state index in [1.807, 2.05) is 44.2 Å². The third kappa shape index (κ3) is 5.21. The second kappa shape index (κ2) is 11.1. The molecule has 7 atom stereocenters. The van der Waals surface area contributed by atoms with Crippen molar-refractivity contribution in [2.75, 3.05) is 24.6 Å². The van der Waals surface area contributed by atoms with Crippen LogP contribution < -0.4 is 9.64 Å². The number of anilines is 1. The van der Waals surface area contributed by atoms with Gasteiger partial charge < -0.3 is 14.7 Å². The Balaban J connectivity index is 1.43. The molecule has 8 heteroatoms. The topological polar surface area (TPSA) is 79.2 Å². The molecule has 2 bridgehead atoms. The van der Waals surface area contributed by atoms with Crippen LogP contribution in [0.15, 0.2) is 52.9 Å². The minimum absolute atomic E-state index is 0.0779. The van der Waals surface area contributed by atoms with Crippen molar-refractivity contribution in [3.63, 3.8) is 0 Å². The largest absolute Gasteiger partial charge is 0.490 e. The van der Waals surface area contributed by atoms with Crippen molar-refractivity contribution in [3.8, 4) is 5.75 Å². The monoisotopic (exact) mass is 582 g/mol. The first-order chi connectivity index (χ1) is 19.2. The minimum atomic E-state index is -2.07.